The topological polar surface area (TPSA) is 166 Å². The minimum absolute atomic E-state index is 0.100. The van der Waals surface area contributed by atoms with Gasteiger partial charge in [0.25, 0.3) is 5.56 Å². The van der Waals surface area contributed by atoms with Gasteiger partial charge in [0.1, 0.15) is 22.6 Å². The summed E-state index contributed by atoms with van der Waals surface area (Å²) >= 11 is 2.59. The summed E-state index contributed by atoms with van der Waals surface area (Å²) < 4.78 is 5.17. The van der Waals surface area contributed by atoms with Crippen molar-refractivity contribution in [3.8, 4) is 11.6 Å². The van der Waals surface area contributed by atoms with E-state index in [9.17, 15) is 24.3 Å². The van der Waals surface area contributed by atoms with Gasteiger partial charge in [0.15, 0.2) is 5.17 Å². The SMILES string of the molecule is COc1ccc([C@H](N=C2NC(=O)[C@@H](CC(=O)Nc3cccc(SC)c3)S2)c2c(O)[nH]c(=O)[nH]c2=O)cc1. The quantitative estimate of drug-likeness (QED) is 0.271. The standard InChI is InChI=1S/C24H23N5O6S2/c1-35-14-8-6-12(7-9-14)19(18-21(32)27-23(34)28-22(18)33)26-24-29-20(31)16(37-24)11-17(30)25-13-4-3-5-15(10-13)36-2/h3-10,16,19H,11H2,1-2H3,(H,25,30)(H,26,29,31)(H3,27,28,32,33,34)/t16-,19+/m1/s1. The molecule has 2 heterocycles. The summed E-state index contributed by atoms with van der Waals surface area (Å²) in [5.74, 6) is -0.831. The second-order valence-corrected chi connectivity index (χ2v) is 9.93. The molecule has 0 aliphatic carbocycles. The van der Waals surface area contributed by atoms with E-state index < -0.39 is 34.3 Å². The van der Waals surface area contributed by atoms with Gasteiger partial charge in [0.05, 0.1) is 7.11 Å². The van der Waals surface area contributed by atoms with E-state index >= 15 is 0 Å². The number of aromatic hydroxyl groups is 1. The fourth-order valence-corrected chi connectivity index (χ4v) is 5.08. The van der Waals surface area contributed by atoms with E-state index in [1.165, 1.54) is 7.11 Å². The van der Waals surface area contributed by atoms with Crippen molar-refractivity contribution in [2.45, 2.75) is 22.6 Å². The van der Waals surface area contributed by atoms with E-state index in [0.29, 0.717) is 17.0 Å². The number of rotatable bonds is 8. The first kappa shape index (κ1) is 26.1. The number of H-pyrrole nitrogens is 2. The Morgan fingerprint density at radius 1 is 1.19 bits per heavy atom. The summed E-state index contributed by atoms with van der Waals surface area (Å²) in [7, 11) is 1.51. The Kier molecular flexibility index (Phi) is 8.04. The highest BCUT2D eigenvalue weighted by molar-refractivity contribution is 8.15. The highest BCUT2D eigenvalue weighted by Crippen LogP contribution is 2.32. The van der Waals surface area contributed by atoms with E-state index in [4.69, 9.17) is 4.74 Å². The maximum absolute atomic E-state index is 12.6. The van der Waals surface area contributed by atoms with Crippen LogP contribution in [0.25, 0.3) is 0 Å². The van der Waals surface area contributed by atoms with Crippen molar-refractivity contribution < 1.29 is 19.4 Å². The molecule has 1 aliphatic heterocycles. The summed E-state index contributed by atoms with van der Waals surface area (Å²) in [6.07, 6.45) is 1.83. The molecule has 1 saturated heterocycles. The first-order chi connectivity index (χ1) is 17.8. The smallest absolute Gasteiger partial charge is 0.328 e. The van der Waals surface area contributed by atoms with Crippen LogP contribution in [0.15, 0.2) is 68.0 Å². The number of ether oxygens (including phenoxy) is 1. The van der Waals surface area contributed by atoms with Crippen LogP contribution >= 0.6 is 23.5 Å². The van der Waals surface area contributed by atoms with Crippen LogP contribution in [0.2, 0.25) is 0 Å². The number of anilines is 1. The normalized spacial score (nSPS) is 16.9. The van der Waals surface area contributed by atoms with Gasteiger partial charge in [0.2, 0.25) is 17.7 Å². The summed E-state index contributed by atoms with van der Waals surface area (Å²) in [6.45, 7) is 0. The number of carbonyl (C=O) groups is 2. The molecule has 3 aromatic rings. The first-order valence-electron chi connectivity index (χ1n) is 11.0. The van der Waals surface area contributed by atoms with Crippen LogP contribution in [0, 0.1) is 0 Å². The number of amides is 2. The highest BCUT2D eigenvalue weighted by atomic mass is 32.2. The van der Waals surface area contributed by atoms with Crippen LogP contribution in [0.3, 0.4) is 0 Å². The number of hydrogen-bond donors (Lipinski definition) is 5. The zero-order valence-corrected chi connectivity index (χ0v) is 21.4. The van der Waals surface area contributed by atoms with E-state index in [0.717, 1.165) is 16.7 Å². The number of benzene rings is 2. The molecule has 2 aromatic carbocycles. The lowest BCUT2D eigenvalue weighted by molar-refractivity contribution is -0.122. The van der Waals surface area contributed by atoms with Gasteiger partial charge in [-0.15, -0.1) is 11.8 Å². The average molecular weight is 542 g/mol. The molecular formula is C24H23N5O6S2. The monoisotopic (exact) mass is 541 g/mol. The summed E-state index contributed by atoms with van der Waals surface area (Å²) in [5.41, 5.74) is -0.788. The second kappa shape index (κ2) is 11.4. The molecule has 192 valence electrons. The van der Waals surface area contributed by atoms with Crippen molar-refractivity contribution in [2.24, 2.45) is 4.99 Å². The van der Waals surface area contributed by atoms with E-state index in [2.05, 4.69) is 25.6 Å². The molecule has 1 aliphatic rings. The number of amidine groups is 1. The minimum atomic E-state index is -1.07. The maximum Gasteiger partial charge on any atom is 0.328 e. The molecule has 2 amide bonds. The maximum atomic E-state index is 12.6. The largest absolute Gasteiger partial charge is 0.497 e. The molecule has 1 aromatic heterocycles. The number of aromatic nitrogens is 2. The zero-order chi connectivity index (χ0) is 26.5. The molecule has 0 bridgehead atoms. The van der Waals surface area contributed by atoms with Crippen molar-refractivity contribution in [1.29, 1.82) is 0 Å². The predicted octanol–water partition coefficient (Wildman–Crippen LogP) is 2.21. The molecule has 5 N–H and O–H groups in total. The fourth-order valence-electron chi connectivity index (χ4n) is 3.63. The van der Waals surface area contributed by atoms with Crippen molar-refractivity contribution in [3.05, 3.63) is 80.5 Å². The zero-order valence-electron chi connectivity index (χ0n) is 19.7. The van der Waals surface area contributed by atoms with Crippen LogP contribution in [-0.2, 0) is 9.59 Å². The number of hydrogen-bond acceptors (Lipinski definition) is 9. The molecule has 0 radical (unpaired) electrons. The molecule has 0 saturated carbocycles. The van der Waals surface area contributed by atoms with Crippen molar-refractivity contribution in [2.75, 3.05) is 18.7 Å². The number of aliphatic imine (C=N–C) groups is 1. The third-order valence-corrected chi connectivity index (χ3v) is 7.23. The fraction of sp³-hybridized carbons (Fsp3) is 0.208. The number of nitrogens with zero attached hydrogens (tertiary/aromatic N) is 1. The lowest BCUT2D eigenvalue weighted by Crippen LogP contribution is -2.29. The number of aromatic amines is 2. The van der Waals surface area contributed by atoms with Gasteiger partial charge in [-0.1, -0.05) is 30.0 Å². The number of nitrogens with one attached hydrogen (secondary N) is 4. The highest BCUT2D eigenvalue weighted by Gasteiger charge is 2.34. The minimum Gasteiger partial charge on any atom is -0.497 e. The molecule has 37 heavy (non-hydrogen) atoms. The molecule has 4 rings (SSSR count). The summed E-state index contributed by atoms with van der Waals surface area (Å²) in [4.78, 5) is 59.1. The van der Waals surface area contributed by atoms with Gasteiger partial charge >= 0.3 is 5.69 Å². The van der Waals surface area contributed by atoms with Crippen molar-refractivity contribution in [1.82, 2.24) is 15.3 Å². The Hall–Kier alpha value is -3.97. The lowest BCUT2D eigenvalue weighted by Gasteiger charge is -2.15. The van der Waals surface area contributed by atoms with Gasteiger partial charge in [-0.2, -0.15) is 0 Å². The molecule has 0 unspecified atom stereocenters. The first-order valence-corrected chi connectivity index (χ1v) is 13.1. The molecular weight excluding hydrogens is 518 g/mol. The van der Waals surface area contributed by atoms with Crippen LogP contribution in [0.5, 0.6) is 11.6 Å². The molecule has 0 spiro atoms. The van der Waals surface area contributed by atoms with Crippen LogP contribution < -0.4 is 26.6 Å². The second-order valence-electron chi connectivity index (χ2n) is 7.86. The van der Waals surface area contributed by atoms with Crippen LogP contribution in [-0.4, -0.2) is 50.7 Å². The van der Waals surface area contributed by atoms with Crippen molar-refractivity contribution >= 4 is 46.2 Å². The van der Waals surface area contributed by atoms with Crippen LogP contribution in [0.1, 0.15) is 23.6 Å². The molecule has 1 fully saturated rings. The number of methoxy groups -OCH3 is 1. The van der Waals surface area contributed by atoms with Crippen molar-refractivity contribution in [3.63, 3.8) is 0 Å². The average Bonchev–Trinajstić information content (AvgIpc) is 3.21. The summed E-state index contributed by atoms with van der Waals surface area (Å²) in [5, 5.41) is 15.2. The number of carbonyl (C=O) groups excluding carboxylic acids is 2. The molecule has 13 heteroatoms. The lowest BCUT2D eigenvalue weighted by atomic mass is 10.0. The van der Waals surface area contributed by atoms with Gasteiger partial charge in [-0.05, 0) is 42.2 Å². The third-order valence-electron chi connectivity index (χ3n) is 5.41. The summed E-state index contributed by atoms with van der Waals surface area (Å²) in [6, 6.07) is 12.9. The van der Waals surface area contributed by atoms with Gasteiger partial charge in [-0.25, -0.2) is 9.79 Å². The van der Waals surface area contributed by atoms with Gasteiger partial charge < -0.3 is 20.5 Å². The predicted molar refractivity (Wildman–Crippen MR) is 143 cm³/mol. The van der Waals surface area contributed by atoms with E-state index in [1.807, 2.05) is 24.5 Å². The Labute approximate surface area is 219 Å². The molecule has 11 nitrogen and oxygen atoms in total. The third kappa shape index (κ3) is 6.24. The van der Waals surface area contributed by atoms with Crippen LogP contribution in [0.4, 0.5) is 5.69 Å². The Balaban J connectivity index is 1.58. The van der Waals surface area contributed by atoms with E-state index in [1.54, 1.807) is 42.1 Å². The Bertz CT molecular complexity index is 1470. The number of thioether (sulfide) groups is 2. The van der Waals surface area contributed by atoms with Gasteiger partial charge in [-0.3, -0.25) is 24.4 Å². The Morgan fingerprint density at radius 2 is 1.95 bits per heavy atom. The van der Waals surface area contributed by atoms with Gasteiger partial charge in [0, 0.05) is 17.0 Å². The van der Waals surface area contributed by atoms with E-state index in [-0.39, 0.29) is 23.1 Å². The Morgan fingerprint density at radius 3 is 2.62 bits per heavy atom. The molecule has 2 atom stereocenters.